The number of aliphatic hydroxyl groups is 1. The summed E-state index contributed by atoms with van der Waals surface area (Å²) in [6.07, 6.45) is 1.59. The number of rotatable bonds is 8. The molecule has 32 heavy (non-hydrogen) atoms. The Hall–Kier alpha value is -3.32. The molecule has 2 aromatic rings. The Kier molecular flexibility index (Phi) is 6.46. The van der Waals surface area contributed by atoms with E-state index in [1.54, 1.807) is 12.1 Å². The maximum atomic E-state index is 13.1. The Balaban J connectivity index is 1.80. The van der Waals surface area contributed by atoms with Gasteiger partial charge in [0.25, 0.3) is 11.7 Å². The van der Waals surface area contributed by atoms with Crippen molar-refractivity contribution in [3.8, 4) is 11.5 Å². The van der Waals surface area contributed by atoms with Gasteiger partial charge in [0.1, 0.15) is 17.3 Å². The highest BCUT2D eigenvalue weighted by Crippen LogP contribution is 2.40. The molecule has 7 heteroatoms. The largest absolute Gasteiger partial charge is 0.507 e. The lowest BCUT2D eigenvalue weighted by molar-refractivity contribution is -0.140. The lowest BCUT2D eigenvalue weighted by Crippen LogP contribution is -2.32. The molecule has 0 radical (unpaired) electrons. The van der Waals surface area contributed by atoms with E-state index in [2.05, 4.69) is 0 Å². The van der Waals surface area contributed by atoms with Crippen molar-refractivity contribution in [3.05, 3.63) is 64.7 Å². The molecular formula is C25H27NO6. The number of carbonyl (C=O) groups is 2. The maximum absolute atomic E-state index is 13.1. The van der Waals surface area contributed by atoms with Crippen LogP contribution >= 0.6 is 0 Å². The fourth-order valence-electron chi connectivity index (χ4n) is 4.13. The average molecular weight is 437 g/mol. The summed E-state index contributed by atoms with van der Waals surface area (Å²) in [6, 6.07) is 11.9. The van der Waals surface area contributed by atoms with Gasteiger partial charge in [0.05, 0.1) is 31.4 Å². The molecule has 1 amide bonds. The van der Waals surface area contributed by atoms with Crippen molar-refractivity contribution in [2.24, 2.45) is 0 Å². The van der Waals surface area contributed by atoms with Gasteiger partial charge in [0, 0.05) is 25.6 Å². The van der Waals surface area contributed by atoms with E-state index in [9.17, 15) is 14.7 Å². The zero-order valence-corrected chi connectivity index (χ0v) is 18.3. The quantitative estimate of drug-likeness (QED) is 0.387. The smallest absolute Gasteiger partial charge is 0.295 e. The molecule has 0 aromatic heterocycles. The van der Waals surface area contributed by atoms with E-state index in [1.807, 2.05) is 37.3 Å². The van der Waals surface area contributed by atoms with Crippen LogP contribution in [0.1, 0.15) is 36.1 Å². The van der Waals surface area contributed by atoms with E-state index in [1.165, 1.54) is 12.0 Å². The number of fused-ring (bicyclic) bond motifs is 1. The summed E-state index contributed by atoms with van der Waals surface area (Å²) in [4.78, 5) is 27.4. The third-order valence-electron chi connectivity index (χ3n) is 5.69. The number of Topliss-reactive ketones (excluding diaryl/α,β-unsaturated/α-hetero) is 1. The summed E-state index contributed by atoms with van der Waals surface area (Å²) in [6.45, 7) is 3.66. The standard InChI is InChI=1S/C25H27NO6/c1-3-11-31-19-6-4-5-17(15-19)22-21(24(28)25(29)26(22)10-13-30-2)23(27)18-7-8-20-16(14-18)9-12-32-20/h4-8,14-15,22,27H,3,9-13H2,1-2H3/b23-21-. The summed E-state index contributed by atoms with van der Waals surface area (Å²) >= 11 is 0. The van der Waals surface area contributed by atoms with Gasteiger partial charge in [-0.2, -0.15) is 0 Å². The molecule has 4 rings (SSSR count). The predicted molar refractivity (Wildman–Crippen MR) is 119 cm³/mol. The zero-order chi connectivity index (χ0) is 22.7. The molecule has 168 valence electrons. The molecule has 1 N–H and O–H groups in total. The monoisotopic (exact) mass is 437 g/mol. The molecule has 2 aliphatic rings. The molecule has 1 saturated heterocycles. The first-order valence-corrected chi connectivity index (χ1v) is 10.8. The van der Waals surface area contributed by atoms with Crippen LogP contribution in [0.4, 0.5) is 0 Å². The fraction of sp³-hybridized carbons (Fsp3) is 0.360. The number of aliphatic hydroxyl groups excluding tert-OH is 1. The molecule has 2 heterocycles. The number of ether oxygens (including phenoxy) is 3. The second kappa shape index (κ2) is 9.44. The van der Waals surface area contributed by atoms with Crippen molar-refractivity contribution < 1.29 is 28.9 Å². The predicted octanol–water partition coefficient (Wildman–Crippen LogP) is 3.48. The number of nitrogens with zero attached hydrogens (tertiary/aromatic N) is 1. The first-order valence-electron chi connectivity index (χ1n) is 10.8. The van der Waals surface area contributed by atoms with Gasteiger partial charge in [-0.05, 0) is 47.9 Å². The molecule has 0 spiro atoms. The first kappa shape index (κ1) is 21.9. The number of hydrogen-bond donors (Lipinski definition) is 1. The van der Waals surface area contributed by atoms with Crippen molar-refractivity contribution in [3.63, 3.8) is 0 Å². The minimum Gasteiger partial charge on any atom is -0.507 e. The van der Waals surface area contributed by atoms with Gasteiger partial charge in [0.15, 0.2) is 0 Å². The SMILES string of the molecule is CCCOc1cccc(C2/C(=C(/O)c3ccc4c(c3)CCO4)C(=O)C(=O)N2CCOC)c1. The Morgan fingerprint density at radius 1 is 1.19 bits per heavy atom. The van der Waals surface area contributed by atoms with Crippen LogP contribution in [-0.2, 0) is 20.7 Å². The Morgan fingerprint density at radius 2 is 2.03 bits per heavy atom. The van der Waals surface area contributed by atoms with E-state index in [4.69, 9.17) is 14.2 Å². The number of benzene rings is 2. The van der Waals surface area contributed by atoms with Crippen LogP contribution in [0.5, 0.6) is 11.5 Å². The van der Waals surface area contributed by atoms with Crippen molar-refractivity contribution >= 4 is 17.4 Å². The number of carbonyl (C=O) groups excluding carboxylic acids is 2. The van der Waals surface area contributed by atoms with E-state index >= 15 is 0 Å². The van der Waals surface area contributed by atoms with Crippen molar-refractivity contribution in [1.82, 2.24) is 4.90 Å². The minimum absolute atomic E-state index is 0.0672. The van der Waals surface area contributed by atoms with Gasteiger partial charge in [-0.25, -0.2) is 0 Å². The molecule has 0 bridgehead atoms. The van der Waals surface area contributed by atoms with E-state index in [-0.39, 0.29) is 24.5 Å². The molecule has 1 atom stereocenters. The van der Waals surface area contributed by atoms with Crippen LogP contribution in [0.2, 0.25) is 0 Å². The van der Waals surface area contributed by atoms with Crippen LogP contribution in [0.3, 0.4) is 0 Å². The number of likely N-dealkylation sites (tertiary alicyclic amines) is 1. The highest BCUT2D eigenvalue weighted by atomic mass is 16.5. The van der Waals surface area contributed by atoms with Crippen LogP contribution < -0.4 is 9.47 Å². The summed E-state index contributed by atoms with van der Waals surface area (Å²) < 4.78 is 16.4. The molecule has 1 fully saturated rings. The molecular weight excluding hydrogens is 410 g/mol. The Bertz CT molecular complexity index is 1060. The highest BCUT2D eigenvalue weighted by molar-refractivity contribution is 6.46. The number of amides is 1. The Morgan fingerprint density at radius 3 is 2.81 bits per heavy atom. The molecule has 0 aliphatic carbocycles. The second-order valence-electron chi connectivity index (χ2n) is 7.83. The lowest BCUT2D eigenvalue weighted by Gasteiger charge is -2.25. The van der Waals surface area contributed by atoms with Crippen molar-refractivity contribution in [1.29, 1.82) is 0 Å². The van der Waals surface area contributed by atoms with Gasteiger partial charge < -0.3 is 24.2 Å². The first-order chi connectivity index (χ1) is 15.5. The number of ketones is 1. The van der Waals surface area contributed by atoms with Crippen LogP contribution in [0, 0.1) is 0 Å². The lowest BCUT2D eigenvalue weighted by atomic mass is 9.94. The van der Waals surface area contributed by atoms with E-state index in [0.717, 1.165) is 24.2 Å². The summed E-state index contributed by atoms with van der Waals surface area (Å²) in [5, 5.41) is 11.2. The minimum atomic E-state index is -0.736. The normalized spacial score (nSPS) is 19.2. The number of methoxy groups -OCH3 is 1. The molecule has 7 nitrogen and oxygen atoms in total. The van der Waals surface area contributed by atoms with Crippen LogP contribution in [0.15, 0.2) is 48.0 Å². The number of hydrogen-bond acceptors (Lipinski definition) is 6. The average Bonchev–Trinajstić information content (AvgIpc) is 3.38. The van der Waals surface area contributed by atoms with Gasteiger partial charge in [-0.15, -0.1) is 0 Å². The molecule has 2 aliphatic heterocycles. The summed E-state index contributed by atoms with van der Waals surface area (Å²) in [7, 11) is 1.54. The fourth-order valence-corrected chi connectivity index (χ4v) is 4.13. The Labute approximate surface area is 187 Å². The molecule has 0 saturated carbocycles. The van der Waals surface area contributed by atoms with E-state index in [0.29, 0.717) is 30.1 Å². The van der Waals surface area contributed by atoms with Gasteiger partial charge >= 0.3 is 0 Å². The summed E-state index contributed by atoms with van der Waals surface area (Å²) in [5.41, 5.74) is 2.22. The van der Waals surface area contributed by atoms with Crippen molar-refractivity contribution in [2.45, 2.75) is 25.8 Å². The highest BCUT2D eigenvalue weighted by Gasteiger charge is 2.46. The zero-order valence-electron chi connectivity index (χ0n) is 18.3. The van der Waals surface area contributed by atoms with Gasteiger partial charge in [0.2, 0.25) is 0 Å². The molecule has 2 aromatic carbocycles. The van der Waals surface area contributed by atoms with Gasteiger partial charge in [-0.1, -0.05) is 19.1 Å². The second-order valence-corrected chi connectivity index (χ2v) is 7.83. The van der Waals surface area contributed by atoms with Gasteiger partial charge in [-0.3, -0.25) is 9.59 Å². The third-order valence-corrected chi connectivity index (χ3v) is 5.69. The topological polar surface area (TPSA) is 85.3 Å². The summed E-state index contributed by atoms with van der Waals surface area (Å²) in [5.74, 6) is -0.128. The van der Waals surface area contributed by atoms with Crippen LogP contribution in [-0.4, -0.2) is 55.2 Å². The van der Waals surface area contributed by atoms with E-state index < -0.39 is 17.7 Å². The molecule has 1 unspecified atom stereocenters. The maximum Gasteiger partial charge on any atom is 0.295 e. The third kappa shape index (κ3) is 4.08. The van der Waals surface area contributed by atoms with Crippen molar-refractivity contribution in [2.75, 3.05) is 33.5 Å². The van der Waals surface area contributed by atoms with Crippen LogP contribution in [0.25, 0.3) is 5.76 Å².